The lowest BCUT2D eigenvalue weighted by molar-refractivity contribution is -0.157. The molecule has 4 rings (SSSR count). The van der Waals surface area contributed by atoms with Gasteiger partial charge in [-0.15, -0.1) is 0 Å². The average Bonchev–Trinajstić information content (AvgIpc) is 3.01. The summed E-state index contributed by atoms with van der Waals surface area (Å²) in [5.74, 6) is -1.61. The van der Waals surface area contributed by atoms with Crippen molar-refractivity contribution in [3.05, 3.63) is 83.7 Å². The van der Waals surface area contributed by atoms with Crippen LogP contribution in [-0.4, -0.2) is 71.2 Å². The second kappa shape index (κ2) is 15.5. The van der Waals surface area contributed by atoms with Crippen LogP contribution in [0.4, 0.5) is 4.39 Å². The molecule has 0 aliphatic carbocycles. The SMILES string of the molecule is CCCCNC(=O)[C@H](Cc1ccc2ccccc2c1)N1CCN(C(=O)[C@@H](Cc2ccc(F)cc2)NC(C)=O)[C@@H](CCC)C1=O. The summed E-state index contributed by atoms with van der Waals surface area (Å²) in [6.07, 6.45) is 3.35. The molecule has 0 radical (unpaired) electrons. The fourth-order valence-corrected chi connectivity index (χ4v) is 5.87. The molecule has 9 heteroatoms. The zero-order valence-corrected chi connectivity index (χ0v) is 25.9. The zero-order valence-electron chi connectivity index (χ0n) is 25.9. The van der Waals surface area contributed by atoms with Crippen molar-refractivity contribution in [1.82, 2.24) is 20.4 Å². The summed E-state index contributed by atoms with van der Waals surface area (Å²) < 4.78 is 13.5. The molecule has 3 atom stereocenters. The van der Waals surface area contributed by atoms with Gasteiger partial charge in [0.25, 0.3) is 0 Å². The molecule has 8 nitrogen and oxygen atoms in total. The lowest BCUT2D eigenvalue weighted by atomic mass is 9.96. The van der Waals surface area contributed by atoms with Crippen molar-refractivity contribution in [3.8, 4) is 0 Å². The van der Waals surface area contributed by atoms with Crippen LogP contribution in [0.5, 0.6) is 0 Å². The third-order valence-corrected chi connectivity index (χ3v) is 8.15. The molecule has 1 fully saturated rings. The van der Waals surface area contributed by atoms with Crippen LogP contribution in [0, 0.1) is 5.82 Å². The smallest absolute Gasteiger partial charge is 0.246 e. The number of benzene rings is 3. The van der Waals surface area contributed by atoms with E-state index in [1.54, 1.807) is 21.9 Å². The Labute approximate surface area is 259 Å². The Morgan fingerprint density at radius 1 is 0.909 bits per heavy atom. The first-order valence-electron chi connectivity index (χ1n) is 15.6. The van der Waals surface area contributed by atoms with Crippen molar-refractivity contribution < 1.29 is 23.6 Å². The molecule has 2 N–H and O–H groups in total. The first kappa shape index (κ1) is 32.6. The van der Waals surface area contributed by atoms with Crippen LogP contribution in [0.15, 0.2) is 66.7 Å². The third kappa shape index (κ3) is 8.21. The number of amides is 4. The van der Waals surface area contributed by atoms with Crippen LogP contribution in [0.2, 0.25) is 0 Å². The van der Waals surface area contributed by atoms with E-state index in [2.05, 4.69) is 23.6 Å². The summed E-state index contributed by atoms with van der Waals surface area (Å²) in [6, 6.07) is 17.5. The van der Waals surface area contributed by atoms with Crippen molar-refractivity contribution >= 4 is 34.4 Å². The van der Waals surface area contributed by atoms with Crippen molar-refractivity contribution in [1.29, 1.82) is 0 Å². The van der Waals surface area contributed by atoms with E-state index in [4.69, 9.17) is 0 Å². The van der Waals surface area contributed by atoms with Gasteiger partial charge in [0, 0.05) is 39.4 Å². The van der Waals surface area contributed by atoms with Crippen LogP contribution in [0.1, 0.15) is 57.6 Å². The largest absolute Gasteiger partial charge is 0.354 e. The Morgan fingerprint density at radius 3 is 2.30 bits per heavy atom. The number of piperazine rings is 1. The average molecular weight is 603 g/mol. The first-order valence-corrected chi connectivity index (χ1v) is 15.6. The van der Waals surface area contributed by atoms with Gasteiger partial charge in [-0.3, -0.25) is 19.2 Å². The number of rotatable bonds is 13. The number of carbonyl (C=O) groups excluding carboxylic acids is 4. The molecular weight excluding hydrogens is 559 g/mol. The minimum atomic E-state index is -0.914. The van der Waals surface area contributed by atoms with Crippen molar-refractivity contribution in [3.63, 3.8) is 0 Å². The third-order valence-electron chi connectivity index (χ3n) is 8.15. The van der Waals surface area contributed by atoms with E-state index < -0.39 is 23.9 Å². The van der Waals surface area contributed by atoms with Crippen LogP contribution >= 0.6 is 0 Å². The molecule has 3 aromatic carbocycles. The Bertz CT molecular complexity index is 1460. The number of halogens is 1. The van der Waals surface area contributed by atoms with Gasteiger partial charge in [-0.2, -0.15) is 0 Å². The summed E-state index contributed by atoms with van der Waals surface area (Å²) in [7, 11) is 0. The minimum absolute atomic E-state index is 0.163. The van der Waals surface area contributed by atoms with E-state index in [0.717, 1.165) is 29.2 Å². The number of unbranched alkanes of at least 4 members (excludes halogenated alkanes) is 1. The number of hydrogen-bond donors (Lipinski definition) is 2. The first-order chi connectivity index (χ1) is 21.2. The highest BCUT2D eigenvalue weighted by atomic mass is 19.1. The van der Waals surface area contributed by atoms with Gasteiger partial charge in [0.15, 0.2) is 0 Å². The molecule has 4 amide bonds. The summed E-state index contributed by atoms with van der Waals surface area (Å²) in [5, 5.41) is 7.92. The van der Waals surface area contributed by atoms with E-state index in [1.165, 1.54) is 19.1 Å². The Kier molecular flexibility index (Phi) is 11.5. The molecule has 1 aliphatic heterocycles. The van der Waals surface area contributed by atoms with Crippen LogP contribution in [0.3, 0.4) is 0 Å². The Morgan fingerprint density at radius 2 is 1.61 bits per heavy atom. The Balaban J connectivity index is 1.59. The number of fused-ring (bicyclic) bond motifs is 1. The molecule has 0 spiro atoms. The fourth-order valence-electron chi connectivity index (χ4n) is 5.87. The van der Waals surface area contributed by atoms with Crippen molar-refractivity contribution in [2.24, 2.45) is 0 Å². The number of nitrogens with zero attached hydrogens (tertiary/aromatic N) is 2. The topological polar surface area (TPSA) is 98.8 Å². The fraction of sp³-hybridized carbons (Fsp3) is 0.429. The van der Waals surface area contributed by atoms with E-state index in [-0.39, 0.29) is 43.1 Å². The monoisotopic (exact) mass is 602 g/mol. The minimum Gasteiger partial charge on any atom is -0.354 e. The van der Waals surface area contributed by atoms with Gasteiger partial charge in [-0.25, -0.2) is 4.39 Å². The van der Waals surface area contributed by atoms with Gasteiger partial charge in [0.05, 0.1) is 0 Å². The predicted molar refractivity (Wildman–Crippen MR) is 169 cm³/mol. The standard InChI is InChI=1S/C35H43FN4O4/c1-4-6-18-37-33(42)32(23-26-12-15-27-10-7-8-11-28(27)21-26)40-20-19-39(31(9-5-2)35(40)44)34(43)30(38-24(3)41)22-25-13-16-29(36)17-14-25/h7-8,10-17,21,30-32H,4-6,9,18-20,22-23H2,1-3H3,(H,37,42)(H,38,41)/t30-,31+,32+/m1/s1. The van der Waals surface area contributed by atoms with Crippen LogP contribution in [0.25, 0.3) is 10.8 Å². The van der Waals surface area contributed by atoms with Gasteiger partial charge >= 0.3 is 0 Å². The molecular formula is C35H43FN4O4. The second-order valence-corrected chi connectivity index (χ2v) is 11.5. The maximum atomic E-state index is 14.2. The van der Waals surface area contributed by atoms with Crippen LogP contribution in [-0.2, 0) is 32.0 Å². The summed E-state index contributed by atoms with van der Waals surface area (Å²) >= 11 is 0. The van der Waals surface area contributed by atoms with E-state index >= 15 is 0 Å². The van der Waals surface area contributed by atoms with Crippen LogP contribution < -0.4 is 10.6 Å². The summed E-state index contributed by atoms with van der Waals surface area (Å²) in [6.45, 7) is 6.28. The quantitative estimate of drug-likeness (QED) is 0.284. The van der Waals surface area contributed by atoms with Gasteiger partial charge in [0.1, 0.15) is 23.9 Å². The molecule has 44 heavy (non-hydrogen) atoms. The summed E-state index contributed by atoms with van der Waals surface area (Å²) in [5.41, 5.74) is 1.64. The second-order valence-electron chi connectivity index (χ2n) is 11.5. The van der Waals surface area contributed by atoms with E-state index in [1.807, 2.05) is 43.3 Å². The zero-order chi connectivity index (χ0) is 31.6. The van der Waals surface area contributed by atoms with E-state index in [9.17, 15) is 23.6 Å². The highest BCUT2D eigenvalue weighted by Gasteiger charge is 2.43. The molecule has 1 heterocycles. The van der Waals surface area contributed by atoms with Crippen molar-refractivity contribution in [2.75, 3.05) is 19.6 Å². The highest BCUT2D eigenvalue weighted by molar-refractivity contribution is 5.95. The molecule has 1 saturated heterocycles. The molecule has 0 unspecified atom stereocenters. The van der Waals surface area contributed by atoms with Crippen molar-refractivity contribution in [2.45, 2.75) is 77.4 Å². The highest BCUT2D eigenvalue weighted by Crippen LogP contribution is 2.24. The molecule has 234 valence electrons. The van der Waals surface area contributed by atoms with Gasteiger partial charge in [-0.1, -0.05) is 81.3 Å². The normalized spacial score (nSPS) is 16.5. The molecule has 0 bridgehead atoms. The lowest BCUT2D eigenvalue weighted by Gasteiger charge is -2.44. The summed E-state index contributed by atoms with van der Waals surface area (Å²) in [4.78, 5) is 57.0. The Hall–Kier alpha value is -4.27. The number of nitrogens with one attached hydrogen (secondary N) is 2. The molecule has 0 saturated carbocycles. The number of carbonyl (C=O) groups is 4. The maximum Gasteiger partial charge on any atom is 0.246 e. The van der Waals surface area contributed by atoms with Gasteiger partial charge in [-0.05, 0) is 46.9 Å². The predicted octanol–water partition coefficient (Wildman–Crippen LogP) is 4.39. The maximum absolute atomic E-state index is 14.2. The van der Waals surface area contributed by atoms with Gasteiger partial charge in [0.2, 0.25) is 23.6 Å². The molecule has 0 aromatic heterocycles. The lowest BCUT2D eigenvalue weighted by Crippen LogP contribution is -2.65. The van der Waals surface area contributed by atoms with Gasteiger partial charge < -0.3 is 20.4 Å². The molecule has 3 aromatic rings. The van der Waals surface area contributed by atoms with E-state index in [0.29, 0.717) is 31.4 Å². The number of hydrogen-bond acceptors (Lipinski definition) is 4. The molecule has 1 aliphatic rings.